The number of nitrogens with two attached hydrogens (primary N) is 2. The molecule has 7 nitrogen and oxygen atoms in total. The standard InChI is InChI=1S/C24H20N2O5/c25-17-1-3-19-15(11-17)5-13(7-21(19)27)9-23(29)31-24(30)10-14-6-16-12-18(26)2-4-20(16)22(28)8-14/h1-8,11-12,27-28H,9-10,25-26H2. The third-order valence-corrected chi connectivity index (χ3v) is 4.95. The summed E-state index contributed by atoms with van der Waals surface area (Å²) in [6.07, 6.45) is -0.382. The number of phenols is 2. The molecule has 31 heavy (non-hydrogen) atoms. The van der Waals surface area contributed by atoms with Crippen LogP contribution in [0.2, 0.25) is 0 Å². The predicted octanol–water partition coefficient (Wildman–Crippen LogP) is 3.42. The summed E-state index contributed by atoms with van der Waals surface area (Å²) in [5.74, 6) is -1.47. The number of benzene rings is 4. The average Bonchev–Trinajstić information content (AvgIpc) is 2.66. The number of phenolic OH excluding ortho intramolecular Hbond substituents is 2. The van der Waals surface area contributed by atoms with Gasteiger partial charge in [-0.15, -0.1) is 0 Å². The van der Waals surface area contributed by atoms with Crippen molar-refractivity contribution < 1.29 is 24.5 Å². The van der Waals surface area contributed by atoms with Gasteiger partial charge in [0.2, 0.25) is 0 Å². The van der Waals surface area contributed by atoms with Crippen LogP contribution in [0.1, 0.15) is 11.1 Å². The van der Waals surface area contributed by atoms with E-state index in [9.17, 15) is 19.8 Å². The smallest absolute Gasteiger partial charge is 0.317 e. The van der Waals surface area contributed by atoms with Gasteiger partial charge in [0.15, 0.2) is 0 Å². The SMILES string of the molecule is Nc1ccc2c(O)cc(CC(=O)OC(=O)Cc3cc(O)c4ccc(N)cc4c3)cc2c1. The number of aromatic hydroxyl groups is 2. The fraction of sp³-hybridized carbons (Fsp3) is 0.0833. The lowest BCUT2D eigenvalue weighted by atomic mass is 10.0. The van der Waals surface area contributed by atoms with E-state index in [0.29, 0.717) is 44.0 Å². The molecule has 0 fully saturated rings. The van der Waals surface area contributed by atoms with Crippen LogP contribution in [0.25, 0.3) is 21.5 Å². The van der Waals surface area contributed by atoms with Crippen LogP contribution >= 0.6 is 0 Å². The number of nitrogen functional groups attached to an aromatic ring is 2. The second kappa shape index (κ2) is 7.87. The zero-order valence-electron chi connectivity index (χ0n) is 16.5. The van der Waals surface area contributed by atoms with Gasteiger partial charge >= 0.3 is 11.9 Å². The number of rotatable bonds is 4. The first-order valence-corrected chi connectivity index (χ1v) is 9.54. The zero-order chi connectivity index (χ0) is 22.1. The van der Waals surface area contributed by atoms with Gasteiger partial charge in [-0.1, -0.05) is 12.1 Å². The second-order valence-corrected chi connectivity index (χ2v) is 7.39. The van der Waals surface area contributed by atoms with E-state index in [1.54, 1.807) is 48.5 Å². The van der Waals surface area contributed by atoms with Crippen LogP contribution in [0.5, 0.6) is 11.5 Å². The van der Waals surface area contributed by atoms with Crippen molar-refractivity contribution >= 4 is 44.9 Å². The van der Waals surface area contributed by atoms with Crippen molar-refractivity contribution in [2.75, 3.05) is 11.5 Å². The minimum atomic E-state index is -0.748. The summed E-state index contributed by atoms with van der Waals surface area (Å²) < 4.78 is 4.92. The van der Waals surface area contributed by atoms with Gasteiger partial charge in [-0.25, -0.2) is 0 Å². The van der Waals surface area contributed by atoms with Crippen molar-refractivity contribution in [3.05, 3.63) is 71.8 Å². The van der Waals surface area contributed by atoms with Crippen LogP contribution in [0.15, 0.2) is 60.7 Å². The van der Waals surface area contributed by atoms with Crippen molar-refractivity contribution in [3.8, 4) is 11.5 Å². The van der Waals surface area contributed by atoms with E-state index in [4.69, 9.17) is 16.2 Å². The lowest BCUT2D eigenvalue weighted by Gasteiger charge is -2.08. The number of ether oxygens (including phenoxy) is 1. The minimum absolute atomic E-state index is 0.0116. The van der Waals surface area contributed by atoms with Crippen LogP contribution in [0.4, 0.5) is 11.4 Å². The molecule has 156 valence electrons. The number of esters is 2. The fourth-order valence-corrected chi connectivity index (χ4v) is 3.59. The van der Waals surface area contributed by atoms with Crippen molar-refractivity contribution in [3.63, 3.8) is 0 Å². The molecule has 0 aliphatic carbocycles. The van der Waals surface area contributed by atoms with Crippen LogP contribution in [0.3, 0.4) is 0 Å². The topological polar surface area (TPSA) is 136 Å². The number of carbonyl (C=O) groups is 2. The highest BCUT2D eigenvalue weighted by molar-refractivity contribution is 5.94. The molecule has 0 aromatic heterocycles. The molecular formula is C24H20N2O5. The summed E-state index contributed by atoms with van der Waals surface area (Å²) in [5, 5.41) is 22.9. The van der Waals surface area contributed by atoms with Crippen LogP contribution in [-0.2, 0) is 27.2 Å². The molecule has 0 saturated carbocycles. The van der Waals surface area contributed by atoms with Crippen molar-refractivity contribution in [2.24, 2.45) is 0 Å². The monoisotopic (exact) mass is 416 g/mol. The maximum Gasteiger partial charge on any atom is 0.317 e. The van der Waals surface area contributed by atoms with Gasteiger partial charge < -0.3 is 26.4 Å². The highest BCUT2D eigenvalue weighted by atomic mass is 16.6. The van der Waals surface area contributed by atoms with Gasteiger partial charge in [-0.2, -0.15) is 0 Å². The Morgan fingerprint density at radius 2 is 1.10 bits per heavy atom. The van der Waals surface area contributed by atoms with E-state index in [1.807, 2.05) is 0 Å². The third-order valence-electron chi connectivity index (χ3n) is 4.95. The van der Waals surface area contributed by atoms with Gasteiger partial charge in [0.1, 0.15) is 11.5 Å². The molecule has 7 heteroatoms. The molecule has 0 aliphatic heterocycles. The van der Waals surface area contributed by atoms with E-state index < -0.39 is 11.9 Å². The Kier molecular flexibility index (Phi) is 5.09. The second-order valence-electron chi connectivity index (χ2n) is 7.39. The molecule has 0 radical (unpaired) electrons. The maximum absolute atomic E-state index is 12.2. The van der Waals surface area contributed by atoms with Crippen molar-refractivity contribution in [2.45, 2.75) is 12.8 Å². The number of hydrogen-bond donors (Lipinski definition) is 4. The summed E-state index contributed by atoms with van der Waals surface area (Å²) >= 11 is 0. The Bertz CT molecular complexity index is 1240. The van der Waals surface area contributed by atoms with Crippen molar-refractivity contribution in [1.29, 1.82) is 0 Å². The van der Waals surface area contributed by atoms with Crippen LogP contribution in [0, 0.1) is 0 Å². The first-order valence-electron chi connectivity index (χ1n) is 9.54. The Morgan fingerprint density at radius 1 is 0.677 bits per heavy atom. The van der Waals surface area contributed by atoms with Gasteiger partial charge in [0.05, 0.1) is 12.8 Å². The average molecular weight is 416 g/mol. The molecule has 0 unspecified atom stereocenters. The molecule has 0 bridgehead atoms. The Labute approximate surface area is 177 Å². The lowest BCUT2D eigenvalue weighted by Crippen LogP contribution is -2.16. The molecule has 0 heterocycles. The number of carbonyl (C=O) groups excluding carboxylic acids is 2. The molecule has 0 atom stereocenters. The summed E-state index contributed by atoms with van der Waals surface area (Å²) in [7, 11) is 0. The number of hydrogen-bond acceptors (Lipinski definition) is 7. The minimum Gasteiger partial charge on any atom is -0.507 e. The predicted molar refractivity (Wildman–Crippen MR) is 119 cm³/mol. The van der Waals surface area contributed by atoms with Crippen LogP contribution < -0.4 is 11.5 Å². The van der Waals surface area contributed by atoms with Gasteiger partial charge in [0, 0.05) is 22.1 Å². The molecule has 4 aromatic carbocycles. The van der Waals surface area contributed by atoms with Gasteiger partial charge in [-0.05, 0) is 70.4 Å². The van der Waals surface area contributed by atoms with E-state index >= 15 is 0 Å². The zero-order valence-corrected chi connectivity index (χ0v) is 16.5. The summed E-state index contributed by atoms with van der Waals surface area (Å²) in [6.45, 7) is 0. The Hall–Kier alpha value is -4.26. The van der Waals surface area contributed by atoms with E-state index in [1.165, 1.54) is 12.1 Å². The number of fused-ring (bicyclic) bond motifs is 2. The Balaban J connectivity index is 1.46. The normalized spacial score (nSPS) is 11.0. The van der Waals surface area contributed by atoms with Gasteiger partial charge in [0.25, 0.3) is 0 Å². The Morgan fingerprint density at radius 3 is 1.52 bits per heavy atom. The van der Waals surface area contributed by atoms with Crippen molar-refractivity contribution in [1.82, 2.24) is 0 Å². The first kappa shape index (κ1) is 20.0. The number of anilines is 2. The lowest BCUT2D eigenvalue weighted by molar-refractivity contribution is -0.158. The molecule has 4 rings (SSSR count). The fourth-order valence-electron chi connectivity index (χ4n) is 3.59. The summed E-state index contributed by atoms with van der Waals surface area (Å²) in [6, 6.07) is 16.4. The molecule has 6 N–H and O–H groups in total. The summed E-state index contributed by atoms with van der Waals surface area (Å²) in [5.41, 5.74) is 13.6. The van der Waals surface area contributed by atoms with E-state index in [-0.39, 0.29) is 24.3 Å². The molecule has 0 saturated heterocycles. The molecule has 0 aliphatic rings. The molecule has 4 aromatic rings. The molecular weight excluding hydrogens is 396 g/mol. The first-order chi connectivity index (χ1) is 14.8. The summed E-state index contributed by atoms with van der Waals surface area (Å²) in [4.78, 5) is 24.5. The highest BCUT2D eigenvalue weighted by Crippen LogP contribution is 2.29. The third kappa shape index (κ3) is 4.35. The quantitative estimate of drug-likeness (QED) is 0.227. The van der Waals surface area contributed by atoms with Crippen LogP contribution in [-0.4, -0.2) is 22.2 Å². The highest BCUT2D eigenvalue weighted by Gasteiger charge is 2.15. The van der Waals surface area contributed by atoms with E-state index in [2.05, 4.69) is 0 Å². The molecule has 0 amide bonds. The van der Waals surface area contributed by atoms with Gasteiger partial charge in [-0.3, -0.25) is 9.59 Å². The van der Waals surface area contributed by atoms with E-state index in [0.717, 1.165) is 0 Å². The largest absolute Gasteiger partial charge is 0.507 e. The maximum atomic E-state index is 12.2. The molecule has 0 spiro atoms.